The van der Waals surface area contributed by atoms with Gasteiger partial charge in [-0.2, -0.15) is 11.8 Å². The molecule has 1 aromatic rings. The van der Waals surface area contributed by atoms with Gasteiger partial charge in [0, 0.05) is 34.9 Å². The molecule has 2 aliphatic rings. The highest BCUT2D eigenvalue weighted by Crippen LogP contribution is 2.35. The molecule has 2 nitrogen and oxygen atoms in total. The molecular weight excluding hydrogens is 276 g/mol. The number of hydrogen-bond acceptors (Lipinski definition) is 3. The van der Waals surface area contributed by atoms with E-state index in [0.717, 1.165) is 5.25 Å². The predicted octanol–water partition coefficient (Wildman–Crippen LogP) is 4.16. The van der Waals surface area contributed by atoms with Gasteiger partial charge >= 0.3 is 0 Å². The van der Waals surface area contributed by atoms with Crippen LogP contribution < -0.4 is 5.32 Å². The van der Waals surface area contributed by atoms with E-state index in [1.165, 1.54) is 68.4 Å². The van der Waals surface area contributed by atoms with E-state index < -0.39 is 0 Å². The third-order valence-corrected chi connectivity index (χ3v) is 6.65. The third-order valence-electron chi connectivity index (χ3n) is 5.16. The maximum Gasteiger partial charge on any atom is 0.0482 e. The van der Waals surface area contributed by atoms with Crippen molar-refractivity contribution < 1.29 is 0 Å². The van der Waals surface area contributed by atoms with Gasteiger partial charge in [-0.25, -0.2) is 0 Å². The predicted molar refractivity (Wildman–Crippen MR) is 92.1 cm³/mol. The molecular formula is C18H28N2S. The van der Waals surface area contributed by atoms with Crippen molar-refractivity contribution in [3.8, 4) is 0 Å². The van der Waals surface area contributed by atoms with Crippen molar-refractivity contribution in [2.75, 3.05) is 12.8 Å². The smallest absolute Gasteiger partial charge is 0.0482 e. The van der Waals surface area contributed by atoms with Crippen molar-refractivity contribution in [1.29, 1.82) is 0 Å². The Morgan fingerprint density at radius 3 is 2.90 bits per heavy atom. The van der Waals surface area contributed by atoms with Crippen molar-refractivity contribution in [3.05, 3.63) is 29.6 Å². The number of likely N-dealkylation sites (N-methyl/N-ethyl adjacent to an activating group) is 1. The summed E-state index contributed by atoms with van der Waals surface area (Å²) in [4.78, 5) is 4.72. The molecule has 3 rings (SSSR count). The van der Waals surface area contributed by atoms with Crippen molar-refractivity contribution in [3.63, 3.8) is 0 Å². The molecule has 2 aliphatic carbocycles. The fraction of sp³-hybridized carbons (Fsp3) is 0.722. The van der Waals surface area contributed by atoms with Gasteiger partial charge in [0.05, 0.1) is 0 Å². The summed E-state index contributed by atoms with van der Waals surface area (Å²) in [5, 5.41) is 4.50. The molecule has 0 spiro atoms. The van der Waals surface area contributed by atoms with Crippen molar-refractivity contribution in [2.24, 2.45) is 0 Å². The van der Waals surface area contributed by atoms with E-state index in [1.54, 1.807) is 0 Å². The number of rotatable bonds is 5. The largest absolute Gasteiger partial charge is 0.316 e. The van der Waals surface area contributed by atoms with E-state index in [2.05, 4.69) is 36.3 Å². The number of nitrogens with zero attached hydrogens (tertiary/aromatic N) is 1. The van der Waals surface area contributed by atoms with Gasteiger partial charge < -0.3 is 5.32 Å². The zero-order chi connectivity index (χ0) is 14.5. The van der Waals surface area contributed by atoms with Gasteiger partial charge in [-0.3, -0.25) is 4.98 Å². The van der Waals surface area contributed by atoms with Crippen LogP contribution in [0.25, 0.3) is 0 Å². The van der Waals surface area contributed by atoms with Crippen molar-refractivity contribution in [1.82, 2.24) is 10.3 Å². The first-order chi connectivity index (χ1) is 10.4. The van der Waals surface area contributed by atoms with Crippen LogP contribution >= 0.6 is 11.8 Å². The van der Waals surface area contributed by atoms with E-state index in [9.17, 15) is 0 Å². The van der Waals surface area contributed by atoms with Crippen LogP contribution in [0.4, 0.5) is 0 Å². The van der Waals surface area contributed by atoms with Crippen molar-refractivity contribution in [2.45, 2.75) is 68.6 Å². The second-order valence-corrected chi connectivity index (χ2v) is 7.87. The van der Waals surface area contributed by atoms with Crippen LogP contribution in [-0.2, 0) is 6.42 Å². The number of nitrogens with one attached hydrogen (secondary N) is 1. The summed E-state index contributed by atoms with van der Waals surface area (Å²) < 4.78 is 0. The van der Waals surface area contributed by atoms with E-state index in [4.69, 9.17) is 4.98 Å². The molecule has 1 N–H and O–H groups in total. The molecule has 2 atom stereocenters. The zero-order valence-electron chi connectivity index (χ0n) is 13.2. The number of thioether (sulfide) groups is 1. The van der Waals surface area contributed by atoms with Crippen LogP contribution in [0, 0.1) is 0 Å². The van der Waals surface area contributed by atoms with Gasteiger partial charge in [-0.1, -0.05) is 25.3 Å². The first-order valence-electron chi connectivity index (χ1n) is 8.61. The first-order valence-corrected chi connectivity index (χ1v) is 9.66. The van der Waals surface area contributed by atoms with Crippen molar-refractivity contribution >= 4 is 11.8 Å². The Kier molecular flexibility index (Phi) is 5.59. The molecule has 0 aliphatic heterocycles. The number of fused-ring (bicyclic) bond motifs is 1. The second kappa shape index (κ2) is 7.64. The SMILES string of the molecule is CNC(CSC1CCCCC1)C1CCCc2cccnc21. The Bertz CT molecular complexity index is 443. The number of aryl methyl sites for hydroxylation is 1. The lowest BCUT2D eigenvalue weighted by atomic mass is 9.82. The van der Waals surface area contributed by atoms with Gasteiger partial charge in [0.15, 0.2) is 0 Å². The van der Waals surface area contributed by atoms with E-state index in [0.29, 0.717) is 12.0 Å². The molecule has 1 fully saturated rings. The Labute approximate surface area is 133 Å². The Hall–Kier alpha value is -0.540. The average Bonchev–Trinajstić information content (AvgIpc) is 2.56. The van der Waals surface area contributed by atoms with E-state index in [-0.39, 0.29) is 0 Å². The molecule has 3 heteroatoms. The number of hydrogen-bond donors (Lipinski definition) is 1. The summed E-state index contributed by atoms with van der Waals surface area (Å²) in [6.45, 7) is 0. The Balaban J connectivity index is 1.63. The van der Waals surface area contributed by atoms with E-state index >= 15 is 0 Å². The molecule has 21 heavy (non-hydrogen) atoms. The summed E-state index contributed by atoms with van der Waals surface area (Å²) in [5.74, 6) is 1.85. The van der Waals surface area contributed by atoms with Crippen LogP contribution in [0.15, 0.2) is 18.3 Å². The number of pyridine rings is 1. The molecule has 0 radical (unpaired) electrons. The fourth-order valence-corrected chi connectivity index (χ4v) is 5.45. The highest BCUT2D eigenvalue weighted by Gasteiger charge is 2.28. The van der Waals surface area contributed by atoms with Crippen LogP contribution in [-0.4, -0.2) is 29.1 Å². The van der Waals surface area contributed by atoms with Gasteiger partial charge in [-0.05, 0) is 50.8 Å². The average molecular weight is 305 g/mol. The highest BCUT2D eigenvalue weighted by atomic mass is 32.2. The summed E-state index contributed by atoms with van der Waals surface area (Å²) in [7, 11) is 2.13. The molecule has 116 valence electrons. The summed E-state index contributed by atoms with van der Waals surface area (Å²) in [6, 6.07) is 4.94. The Morgan fingerprint density at radius 1 is 1.24 bits per heavy atom. The minimum atomic E-state index is 0.575. The molecule has 0 amide bonds. The summed E-state index contributed by atoms with van der Waals surface area (Å²) in [5.41, 5.74) is 2.85. The molecule has 0 aromatic carbocycles. The van der Waals surface area contributed by atoms with Crippen LogP contribution in [0.5, 0.6) is 0 Å². The van der Waals surface area contributed by atoms with Gasteiger partial charge in [0.1, 0.15) is 0 Å². The topological polar surface area (TPSA) is 24.9 Å². The number of aromatic nitrogens is 1. The van der Waals surface area contributed by atoms with Crippen LogP contribution in [0.3, 0.4) is 0 Å². The lowest BCUT2D eigenvalue weighted by Crippen LogP contribution is -2.37. The van der Waals surface area contributed by atoms with E-state index in [1.807, 2.05) is 6.20 Å². The second-order valence-electron chi connectivity index (χ2n) is 6.54. The standard InChI is InChI=1S/C18H28N2S/c1-19-17(13-21-15-9-3-2-4-10-15)16-11-5-7-14-8-6-12-20-18(14)16/h6,8,12,15-17,19H,2-5,7,9-11,13H2,1H3. The molecule has 2 unspecified atom stereocenters. The molecule has 0 bridgehead atoms. The maximum absolute atomic E-state index is 4.72. The molecule has 0 saturated heterocycles. The normalized spacial score (nSPS) is 24.5. The lowest BCUT2D eigenvalue weighted by molar-refractivity contribution is 0.431. The molecule has 1 saturated carbocycles. The highest BCUT2D eigenvalue weighted by molar-refractivity contribution is 7.99. The fourth-order valence-electron chi connectivity index (χ4n) is 3.91. The zero-order valence-corrected chi connectivity index (χ0v) is 14.0. The quantitative estimate of drug-likeness (QED) is 0.884. The first kappa shape index (κ1) is 15.4. The van der Waals surface area contributed by atoms with Gasteiger partial charge in [0.2, 0.25) is 0 Å². The third kappa shape index (κ3) is 3.81. The van der Waals surface area contributed by atoms with Crippen LogP contribution in [0.2, 0.25) is 0 Å². The molecule has 1 aromatic heterocycles. The summed E-state index contributed by atoms with van der Waals surface area (Å²) in [6.07, 6.45) is 13.0. The minimum Gasteiger partial charge on any atom is -0.316 e. The molecule has 1 heterocycles. The minimum absolute atomic E-state index is 0.575. The van der Waals surface area contributed by atoms with Gasteiger partial charge in [0.25, 0.3) is 0 Å². The van der Waals surface area contributed by atoms with Gasteiger partial charge in [-0.15, -0.1) is 0 Å². The Morgan fingerprint density at radius 2 is 2.10 bits per heavy atom. The van der Waals surface area contributed by atoms with Crippen LogP contribution in [0.1, 0.15) is 62.1 Å². The summed E-state index contributed by atoms with van der Waals surface area (Å²) >= 11 is 2.21. The maximum atomic E-state index is 4.72. The lowest BCUT2D eigenvalue weighted by Gasteiger charge is -2.32. The monoisotopic (exact) mass is 304 g/mol.